The lowest BCUT2D eigenvalue weighted by Gasteiger charge is -2.36. The van der Waals surface area contributed by atoms with Crippen molar-refractivity contribution < 1.29 is 9.18 Å². The molecule has 3 heterocycles. The van der Waals surface area contributed by atoms with Gasteiger partial charge in [0.2, 0.25) is 5.91 Å². The Kier molecular flexibility index (Phi) is 7.56. The molecule has 0 unspecified atom stereocenters. The maximum Gasteiger partial charge on any atom is 0.227 e. The highest BCUT2D eigenvalue weighted by Crippen LogP contribution is 2.23. The SMILES string of the molecule is Cl.O=C(Cc1c(F)cccc1Cl)N1CCN(C2=NN=C(c3cccs3)CS2)CC1. The van der Waals surface area contributed by atoms with Gasteiger partial charge in [-0.2, -0.15) is 5.10 Å². The van der Waals surface area contributed by atoms with Gasteiger partial charge in [0.05, 0.1) is 17.0 Å². The van der Waals surface area contributed by atoms with Gasteiger partial charge in [-0.1, -0.05) is 35.5 Å². The van der Waals surface area contributed by atoms with Crippen LogP contribution in [0.2, 0.25) is 5.02 Å². The van der Waals surface area contributed by atoms with E-state index in [2.05, 4.69) is 21.2 Å². The molecule has 0 atom stereocenters. The fourth-order valence-corrected chi connectivity index (χ4v) is 5.10. The molecule has 29 heavy (non-hydrogen) atoms. The van der Waals surface area contributed by atoms with Crippen LogP contribution in [0.1, 0.15) is 10.4 Å². The Morgan fingerprint density at radius 1 is 1.14 bits per heavy atom. The summed E-state index contributed by atoms with van der Waals surface area (Å²) in [4.78, 5) is 17.6. The highest BCUT2D eigenvalue weighted by atomic mass is 35.5. The fraction of sp³-hybridized carbons (Fsp3) is 0.316. The predicted octanol–water partition coefficient (Wildman–Crippen LogP) is 4.16. The zero-order valence-electron chi connectivity index (χ0n) is 15.4. The van der Waals surface area contributed by atoms with Crippen molar-refractivity contribution in [3.63, 3.8) is 0 Å². The lowest BCUT2D eigenvalue weighted by atomic mass is 10.1. The number of hydrogen-bond acceptors (Lipinski definition) is 6. The van der Waals surface area contributed by atoms with Gasteiger partial charge in [0, 0.05) is 42.5 Å². The average Bonchev–Trinajstić information content (AvgIpc) is 3.26. The summed E-state index contributed by atoms with van der Waals surface area (Å²) < 4.78 is 13.9. The molecule has 0 spiro atoms. The van der Waals surface area contributed by atoms with Crippen LogP contribution in [-0.4, -0.2) is 58.5 Å². The van der Waals surface area contributed by atoms with E-state index >= 15 is 0 Å². The third-order valence-corrected chi connectivity index (χ3v) is 6.98. The summed E-state index contributed by atoms with van der Waals surface area (Å²) >= 11 is 9.38. The Hall–Kier alpha value is -1.61. The summed E-state index contributed by atoms with van der Waals surface area (Å²) in [5.74, 6) is 0.249. The Bertz CT molecular complexity index is 908. The molecule has 1 saturated heterocycles. The van der Waals surface area contributed by atoms with Crippen molar-refractivity contribution in [3.05, 3.63) is 57.0 Å². The van der Waals surface area contributed by atoms with Gasteiger partial charge >= 0.3 is 0 Å². The molecule has 5 nitrogen and oxygen atoms in total. The van der Waals surface area contributed by atoms with Crippen LogP contribution in [0.5, 0.6) is 0 Å². The highest BCUT2D eigenvalue weighted by Gasteiger charge is 2.26. The van der Waals surface area contributed by atoms with E-state index in [1.54, 1.807) is 40.1 Å². The number of amidine groups is 1. The van der Waals surface area contributed by atoms with Gasteiger partial charge in [-0.25, -0.2) is 4.39 Å². The minimum atomic E-state index is -0.438. The number of nitrogens with zero attached hydrogens (tertiary/aromatic N) is 4. The van der Waals surface area contributed by atoms with Crippen molar-refractivity contribution in [2.45, 2.75) is 6.42 Å². The van der Waals surface area contributed by atoms with Crippen LogP contribution >= 0.6 is 47.1 Å². The van der Waals surface area contributed by atoms with Crippen LogP contribution < -0.4 is 0 Å². The maximum atomic E-state index is 13.9. The van der Waals surface area contributed by atoms with Gasteiger partial charge in [0.1, 0.15) is 5.82 Å². The molecule has 1 aromatic heterocycles. The Labute approximate surface area is 188 Å². The third kappa shape index (κ3) is 5.12. The predicted molar refractivity (Wildman–Crippen MR) is 121 cm³/mol. The van der Waals surface area contributed by atoms with E-state index in [-0.39, 0.29) is 30.3 Å². The van der Waals surface area contributed by atoms with E-state index in [0.717, 1.165) is 21.5 Å². The molecule has 1 fully saturated rings. The van der Waals surface area contributed by atoms with E-state index in [1.807, 2.05) is 11.4 Å². The molecular formula is C19H19Cl2FN4OS2. The normalized spacial score (nSPS) is 16.8. The first-order valence-electron chi connectivity index (χ1n) is 8.88. The summed E-state index contributed by atoms with van der Waals surface area (Å²) in [5.41, 5.74) is 1.26. The highest BCUT2D eigenvalue weighted by molar-refractivity contribution is 8.14. The van der Waals surface area contributed by atoms with E-state index in [4.69, 9.17) is 11.6 Å². The van der Waals surface area contributed by atoms with Crippen LogP contribution in [0.15, 0.2) is 45.9 Å². The lowest BCUT2D eigenvalue weighted by Crippen LogP contribution is -2.50. The molecule has 2 aromatic rings. The van der Waals surface area contributed by atoms with Crippen LogP contribution in [0.25, 0.3) is 0 Å². The van der Waals surface area contributed by atoms with Crippen molar-refractivity contribution in [3.8, 4) is 0 Å². The summed E-state index contributed by atoms with van der Waals surface area (Å²) in [6, 6.07) is 8.54. The second-order valence-electron chi connectivity index (χ2n) is 6.44. The van der Waals surface area contributed by atoms with Crippen molar-refractivity contribution in [1.29, 1.82) is 0 Å². The standard InChI is InChI=1S/C19H18ClFN4OS2.ClH/c20-14-3-1-4-15(21)13(14)11-18(26)24-6-8-25(9-7-24)19-23-22-16(12-28-19)17-5-2-10-27-17;/h1-5,10H,6-9,11-12H2;1H. The molecule has 154 valence electrons. The van der Waals surface area contributed by atoms with Crippen molar-refractivity contribution >= 4 is 63.9 Å². The van der Waals surface area contributed by atoms with Gasteiger partial charge in [-0.3, -0.25) is 4.79 Å². The van der Waals surface area contributed by atoms with Gasteiger partial charge in [0.25, 0.3) is 0 Å². The van der Waals surface area contributed by atoms with Crippen molar-refractivity contribution in [2.24, 2.45) is 10.2 Å². The van der Waals surface area contributed by atoms with E-state index in [1.165, 1.54) is 6.07 Å². The van der Waals surface area contributed by atoms with Crippen LogP contribution in [0.4, 0.5) is 4.39 Å². The van der Waals surface area contributed by atoms with Crippen LogP contribution in [-0.2, 0) is 11.2 Å². The molecule has 0 radical (unpaired) electrons. The zero-order valence-corrected chi connectivity index (χ0v) is 18.6. The zero-order chi connectivity index (χ0) is 19.5. The summed E-state index contributed by atoms with van der Waals surface area (Å²) in [5, 5.41) is 12.0. The third-order valence-electron chi connectivity index (χ3n) is 4.69. The lowest BCUT2D eigenvalue weighted by molar-refractivity contribution is -0.131. The van der Waals surface area contributed by atoms with Gasteiger partial charge < -0.3 is 9.80 Å². The Balaban J connectivity index is 0.00000240. The molecule has 0 aliphatic carbocycles. The average molecular weight is 473 g/mol. The maximum absolute atomic E-state index is 13.9. The molecule has 0 bridgehead atoms. The number of piperazine rings is 1. The molecule has 0 N–H and O–H groups in total. The first kappa shape index (κ1) is 22.1. The molecule has 10 heteroatoms. The number of benzene rings is 1. The molecule has 4 rings (SSSR count). The van der Waals surface area contributed by atoms with Gasteiger partial charge in [-0.15, -0.1) is 28.8 Å². The minimum Gasteiger partial charge on any atom is -0.346 e. The number of amides is 1. The molecule has 2 aliphatic rings. The first-order chi connectivity index (χ1) is 13.6. The molecule has 1 aromatic carbocycles. The number of thiophene rings is 1. The van der Waals surface area contributed by atoms with Gasteiger partial charge in [-0.05, 0) is 23.6 Å². The van der Waals surface area contributed by atoms with Crippen LogP contribution in [0.3, 0.4) is 0 Å². The number of carbonyl (C=O) groups excluding carboxylic acids is 1. The smallest absolute Gasteiger partial charge is 0.227 e. The van der Waals surface area contributed by atoms with E-state index in [9.17, 15) is 9.18 Å². The van der Waals surface area contributed by atoms with Crippen LogP contribution in [0, 0.1) is 5.82 Å². The fourth-order valence-electron chi connectivity index (χ4n) is 3.12. The summed E-state index contributed by atoms with van der Waals surface area (Å²) in [6.07, 6.45) is -0.0182. The summed E-state index contributed by atoms with van der Waals surface area (Å²) in [6.45, 7) is 2.52. The second-order valence-corrected chi connectivity index (χ2v) is 8.74. The molecule has 2 aliphatic heterocycles. The number of halogens is 3. The summed E-state index contributed by atoms with van der Waals surface area (Å²) in [7, 11) is 0. The molecule has 0 saturated carbocycles. The number of rotatable bonds is 3. The number of thioether (sulfide) groups is 1. The number of hydrogen-bond donors (Lipinski definition) is 0. The van der Waals surface area contributed by atoms with Crippen molar-refractivity contribution in [2.75, 3.05) is 31.9 Å². The topological polar surface area (TPSA) is 48.3 Å². The number of carbonyl (C=O) groups is 1. The monoisotopic (exact) mass is 472 g/mol. The van der Waals surface area contributed by atoms with Crippen molar-refractivity contribution in [1.82, 2.24) is 9.80 Å². The molecular weight excluding hydrogens is 454 g/mol. The Morgan fingerprint density at radius 2 is 1.93 bits per heavy atom. The van der Waals surface area contributed by atoms with E-state index < -0.39 is 5.82 Å². The second kappa shape index (κ2) is 9.93. The first-order valence-corrected chi connectivity index (χ1v) is 11.1. The van der Waals surface area contributed by atoms with Gasteiger partial charge in [0.15, 0.2) is 5.17 Å². The largest absolute Gasteiger partial charge is 0.346 e. The Morgan fingerprint density at radius 3 is 2.55 bits per heavy atom. The quantitative estimate of drug-likeness (QED) is 0.673. The molecule has 1 amide bonds. The van der Waals surface area contributed by atoms with E-state index in [0.29, 0.717) is 31.2 Å². The minimum absolute atomic E-state index is 0.